The molecule has 0 fully saturated rings. The van der Waals surface area contributed by atoms with E-state index in [2.05, 4.69) is 14.7 Å². The van der Waals surface area contributed by atoms with E-state index in [1.807, 2.05) is 6.92 Å². The van der Waals surface area contributed by atoms with Crippen molar-refractivity contribution in [1.82, 2.24) is 10.1 Å². The molecule has 0 bridgehead atoms. The summed E-state index contributed by atoms with van der Waals surface area (Å²) < 4.78 is 42.6. The molecule has 0 aliphatic carbocycles. The second kappa shape index (κ2) is 6.35. The monoisotopic (exact) mass is 315 g/mol. The Morgan fingerprint density at radius 1 is 1.41 bits per heavy atom. The van der Waals surface area contributed by atoms with Crippen LogP contribution in [0.5, 0.6) is 0 Å². The molecule has 1 aromatic carbocycles. The third-order valence-electron chi connectivity index (χ3n) is 3.56. The van der Waals surface area contributed by atoms with Crippen molar-refractivity contribution < 1.29 is 17.7 Å². The molecule has 0 radical (unpaired) electrons. The van der Waals surface area contributed by atoms with Gasteiger partial charge >= 0.3 is 11.9 Å². The molecule has 8 heteroatoms. The van der Waals surface area contributed by atoms with Gasteiger partial charge in [-0.25, -0.2) is 4.79 Å². The van der Waals surface area contributed by atoms with Gasteiger partial charge in [-0.1, -0.05) is 30.3 Å². The molecule has 0 saturated carbocycles. The minimum Gasteiger partial charge on any atom is -0.330 e. The lowest BCUT2D eigenvalue weighted by molar-refractivity contribution is -0.137. The summed E-state index contributed by atoms with van der Waals surface area (Å²) in [4.78, 5) is 13.4. The van der Waals surface area contributed by atoms with E-state index in [9.17, 15) is 18.0 Å². The van der Waals surface area contributed by atoms with Gasteiger partial charge in [0.25, 0.3) is 0 Å². The Balaban J connectivity index is 2.17. The fourth-order valence-corrected chi connectivity index (χ4v) is 2.40. The van der Waals surface area contributed by atoms with Gasteiger partial charge in [-0.05, 0) is 24.0 Å². The maximum atomic E-state index is 12.7. The molecular formula is C14H16F3N3O2. The molecule has 2 unspecified atom stereocenters. The van der Waals surface area contributed by atoms with Crippen molar-refractivity contribution in [2.45, 2.75) is 25.4 Å². The molecule has 0 amide bonds. The van der Waals surface area contributed by atoms with Crippen LogP contribution in [0.4, 0.5) is 13.2 Å². The second-order valence-electron chi connectivity index (χ2n) is 5.20. The van der Waals surface area contributed by atoms with Crippen LogP contribution in [0.3, 0.4) is 0 Å². The Morgan fingerprint density at radius 2 is 2.14 bits per heavy atom. The minimum atomic E-state index is -4.37. The summed E-state index contributed by atoms with van der Waals surface area (Å²) in [5.41, 5.74) is 5.55. The van der Waals surface area contributed by atoms with Crippen LogP contribution in [0.1, 0.15) is 29.8 Å². The highest BCUT2D eigenvalue weighted by molar-refractivity contribution is 5.26. The zero-order valence-corrected chi connectivity index (χ0v) is 11.9. The number of hydrogen-bond donors (Lipinski definition) is 2. The predicted octanol–water partition coefficient (Wildman–Crippen LogP) is 2.30. The second-order valence-corrected chi connectivity index (χ2v) is 5.20. The van der Waals surface area contributed by atoms with Crippen molar-refractivity contribution in [3.63, 3.8) is 0 Å². The highest BCUT2D eigenvalue weighted by atomic mass is 19.4. The molecular weight excluding hydrogens is 299 g/mol. The topological polar surface area (TPSA) is 84.9 Å². The summed E-state index contributed by atoms with van der Waals surface area (Å²) in [6.07, 6.45) is -4.00. The standard InChI is InChI=1S/C14H16F3N3O2/c1-8(11(7-18)12-19-13(21)22-20-12)5-9-3-2-4-10(6-9)14(15,16)17/h2-4,6,8,11H,5,7,18H2,1H3,(H,19,20,21). The zero-order chi connectivity index (χ0) is 16.3. The average Bonchev–Trinajstić information content (AvgIpc) is 2.85. The molecule has 0 saturated heterocycles. The third kappa shape index (κ3) is 3.76. The van der Waals surface area contributed by atoms with Gasteiger partial charge in [-0.3, -0.25) is 9.51 Å². The Labute approximate surface area is 124 Å². The van der Waals surface area contributed by atoms with Gasteiger partial charge in [-0.15, -0.1) is 0 Å². The lowest BCUT2D eigenvalue weighted by Crippen LogP contribution is -2.23. The van der Waals surface area contributed by atoms with Crippen molar-refractivity contribution in [2.75, 3.05) is 6.54 Å². The van der Waals surface area contributed by atoms with Crippen LogP contribution in [0.15, 0.2) is 33.6 Å². The largest absolute Gasteiger partial charge is 0.438 e. The van der Waals surface area contributed by atoms with Crippen LogP contribution in [0, 0.1) is 5.92 Å². The highest BCUT2D eigenvalue weighted by Gasteiger charge is 2.30. The van der Waals surface area contributed by atoms with Gasteiger partial charge in [0.05, 0.1) is 5.56 Å². The number of hydrogen-bond acceptors (Lipinski definition) is 4. The first-order chi connectivity index (χ1) is 10.3. The maximum Gasteiger partial charge on any atom is 0.438 e. The molecule has 5 nitrogen and oxygen atoms in total. The van der Waals surface area contributed by atoms with E-state index in [4.69, 9.17) is 5.73 Å². The number of aromatic nitrogens is 2. The van der Waals surface area contributed by atoms with Crippen molar-refractivity contribution >= 4 is 0 Å². The molecule has 120 valence electrons. The third-order valence-corrected chi connectivity index (χ3v) is 3.56. The fourth-order valence-electron chi connectivity index (χ4n) is 2.40. The molecule has 3 N–H and O–H groups in total. The number of rotatable bonds is 5. The predicted molar refractivity (Wildman–Crippen MR) is 73.2 cm³/mol. The van der Waals surface area contributed by atoms with Crippen LogP contribution in [-0.2, 0) is 12.6 Å². The molecule has 0 aliphatic rings. The summed E-state index contributed by atoms with van der Waals surface area (Å²) in [5.74, 6) is -0.790. The molecule has 2 aromatic rings. The minimum absolute atomic E-state index is 0.116. The first-order valence-corrected chi connectivity index (χ1v) is 6.73. The lowest BCUT2D eigenvalue weighted by Gasteiger charge is -2.20. The van der Waals surface area contributed by atoms with Crippen molar-refractivity contribution in [3.8, 4) is 0 Å². The van der Waals surface area contributed by atoms with Crippen molar-refractivity contribution in [2.24, 2.45) is 11.7 Å². The summed E-state index contributed by atoms with van der Waals surface area (Å²) >= 11 is 0. The van der Waals surface area contributed by atoms with E-state index in [-0.39, 0.29) is 18.4 Å². The summed E-state index contributed by atoms with van der Waals surface area (Å²) in [5, 5.41) is 3.60. The molecule has 2 atom stereocenters. The first kappa shape index (κ1) is 16.3. The van der Waals surface area contributed by atoms with Gasteiger partial charge in [0, 0.05) is 12.5 Å². The Bertz CT molecular complexity index is 678. The van der Waals surface area contributed by atoms with Crippen LogP contribution < -0.4 is 11.5 Å². The van der Waals surface area contributed by atoms with Gasteiger partial charge in [0.15, 0.2) is 5.82 Å². The van der Waals surface area contributed by atoms with Gasteiger partial charge < -0.3 is 5.73 Å². The molecule has 2 rings (SSSR count). The first-order valence-electron chi connectivity index (χ1n) is 6.73. The van der Waals surface area contributed by atoms with E-state index in [1.165, 1.54) is 6.07 Å². The van der Waals surface area contributed by atoms with Crippen LogP contribution in [0.25, 0.3) is 0 Å². The normalized spacial score (nSPS) is 14.8. The molecule has 0 spiro atoms. The summed E-state index contributed by atoms with van der Waals surface area (Å²) in [6, 6.07) is 5.16. The number of aromatic amines is 1. The van der Waals surface area contributed by atoms with Crippen LogP contribution in [-0.4, -0.2) is 16.7 Å². The molecule has 0 aliphatic heterocycles. The highest BCUT2D eigenvalue weighted by Crippen LogP contribution is 2.31. The van der Waals surface area contributed by atoms with E-state index >= 15 is 0 Å². The fraction of sp³-hybridized carbons (Fsp3) is 0.429. The van der Waals surface area contributed by atoms with Crippen molar-refractivity contribution in [1.29, 1.82) is 0 Å². The maximum absolute atomic E-state index is 12.7. The van der Waals surface area contributed by atoms with Gasteiger partial charge in [0.2, 0.25) is 0 Å². The summed E-state index contributed by atoms with van der Waals surface area (Å²) in [7, 11) is 0. The molecule has 1 aromatic heterocycles. The quantitative estimate of drug-likeness (QED) is 0.886. The van der Waals surface area contributed by atoms with E-state index in [0.29, 0.717) is 17.8 Å². The number of nitrogens with zero attached hydrogens (tertiary/aromatic N) is 1. The van der Waals surface area contributed by atoms with E-state index in [1.54, 1.807) is 6.07 Å². The lowest BCUT2D eigenvalue weighted by atomic mass is 9.87. The summed E-state index contributed by atoms with van der Waals surface area (Å²) in [6.45, 7) is 2.04. The SMILES string of the molecule is CC(Cc1cccc(C(F)(F)F)c1)C(CN)c1noc(=O)[nH]1. The smallest absolute Gasteiger partial charge is 0.330 e. The number of nitrogens with one attached hydrogen (secondary N) is 1. The number of H-pyrrole nitrogens is 1. The van der Waals surface area contributed by atoms with E-state index < -0.39 is 17.5 Å². The zero-order valence-electron chi connectivity index (χ0n) is 11.9. The average molecular weight is 315 g/mol. The van der Waals surface area contributed by atoms with Gasteiger partial charge in [0.1, 0.15) is 0 Å². The number of nitrogens with two attached hydrogens (primary N) is 1. The van der Waals surface area contributed by atoms with Gasteiger partial charge in [-0.2, -0.15) is 13.2 Å². The Kier molecular flexibility index (Phi) is 4.70. The Hall–Kier alpha value is -2.09. The van der Waals surface area contributed by atoms with Crippen LogP contribution >= 0.6 is 0 Å². The molecule has 1 heterocycles. The number of alkyl halides is 3. The molecule has 22 heavy (non-hydrogen) atoms. The number of halogens is 3. The van der Waals surface area contributed by atoms with E-state index in [0.717, 1.165) is 12.1 Å². The van der Waals surface area contributed by atoms with Crippen LogP contribution in [0.2, 0.25) is 0 Å². The Morgan fingerprint density at radius 3 is 2.68 bits per heavy atom. The number of benzene rings is 1. The van der Waals surface area contributed by atoms with Crippen molar-refractivity contribution in [3.05, 3.63) is 51.8 Å².